The lowest BCUT2D eigenvalue weighted by Crippen LogP contribution is -2.49. The van der Waals surface area contributed by atoms with Crippen molar-refractivity contribution in [1.82, 2.24) is 19.7 Å². The van der Waals surface area contributed by atoms with Crippen LogP contribution in [0.4, 0.5) is 10.1 Å². The van der Waals surface area contributed by atoms with Crippen LogP contribution in [-0.4, -0.2) is 57.5 Å². The van der Waals surface area contributed by atoms with E-state index in [0.29, 0.717) is 18.8 Å². The second-order valence-electron chi connectivity index (χ2n) is 7.31. The van der Waals surface area contributed by atoms with Crippen molar-refractivity contribution in [2.24, 2.45) is 7.05 Å². The van der Waals surface area contributed by atoms with Gasteiger partial charge in [-0.15, -0.1) is 10.2 Å². The monoisotopic (exact) mass is 425 g/mol. The number of piperazine rings is 1. The largest absolute Gasteiger partial charge is 0.368 e. The Kier molecular flexibility index (Phi) is 6.03. The Hall–Kier alpha value is -2.87. The Bertz CT molecular complexity index is 1030. The quantitative estimate of drug-likeness (QED) is 0.587. The molecule has 0 spiro atoms. The van der Waals surface area contributed by atoms with Crippen LogP contribution in [0.15, 0.2) is 53.7 Å². The molecule has 0 atom stereocenters. The Morgan fingerprint density at radius 3 is 2.43 bits per heavy atom. The summed E-state index contributed by atoms with van der Waals surface area (Å²) in [6.45, 7) is 4.84. The van der Waals surface area contributed by atoms with Gasteiger partial charge < -0.3 is 14.4 Å². The minimum atomic E-state index is -0.237. The van der Waals surface area contributed by atoms with Crippen LogP contribution in [0.1, 0.15) is 5.56 Å². The van der Waals surface area contributed by atoms with Crippen LogP contribution in [0.3, 0.4) is 0 Å². The number of halogens is 1. The van der Waals surface area contributed by atoms with Crippen molar-refractivity contribution in [3.8, 4) is 11.4 Å². The maximum Gasteiger partial charge on any atom is 0.233 e. The first kappa shape index (κ1) is 20.4. The van der Waals surface area contributed by atoms with Crippen LogP contribution >= 0.6 is 11.8 Å². The lowest BCUT2D eigenvalue weighted by molar-refractivity contribution is -0.128. The minimum absolute atomic E-state index is 0.0965. The highest BCUT2D eigenvalue weighted by molar-refractivity contribution is 7.99. The van der Waals surface area contributed by atoms with E-state index in [2.05, 4.69) is 15.1 Å². The zero-order valence-corrected chi connectivity index (χ0v) is 17.9. The molecular formula is C22H24FN5OS. The number of thioether (sulfide) groups is 1. The van der Waals surface area contributed by atoms with Crippen LogP contribution in [0.5, 0.6) is 0 Å². The molecule has 2 heterocycles. The van der Waals surface area contributed by atoms with Crippen molar-refractivity contribution >= 4 is 23.4 Å². The van der Waals surface area contributed by atoms with Crippen LogP contribution in [0.2, 0.25) is 0 Å². The molecule has 0 aliphatic carbocycles. The van der Waals surface area contributed by atoms with E-state index in [9.17, 15) is 9.18 Å². The Balaban J connectivity index is 1.32. The number of hydrogen-bond donors (Lipinski definition) is 0. The first-order valence-corrected chi connectivity index (χ1v) is 10.9. The average Bonchev–Trinajstić information content (AvgIpc) is 3.13. The molecule has 0 radical (unpaired) electrons. The SMILES string of the molecule is Cc1ccccc1-c1nnc(SCC(=O)N2CCN(c3ccc(F)cc3)CC2)n1C. The number of hydrogen-bond acceptors (Lipinski definition) is 5. The molecule has 1 aliphatic rings. The van der Waals surface area contributed by atoms with Gasteiger partial charge in [-0.2, -0.15) is 0 Å². The van der Waals surface area contributed by atoms with Gasteiger partial charge in [-0.25, -0.2) is 4.39 Å². The van der Waals surface area contributed by atoms with Gasteiger partial charge in [0.2, 0.25) is 5.91 Å². The predicted molar refractivity (Wildman–Crippen MR) is 117 cm³/mol. The summed E-state index contributed by atoms with van der Waals surface area (Å²) < 4.78 is 15.0. The molecule has 3 aromatic rings. The highest BCUT2D eigenvalue weighted by Gasteiger charge is 2.22. The van der Waals surface area contributed by atoms with Crippen molar-refractivity contribution in [2.45, 2.75) is 12.1 Å². The maximum atomic E-state index is 13.1. The van der Waals surface area contributed by atoms with Gasteiger partial charge in [0, 0.05) is 44.5 Å². The molecule has 8 heteroatoms. The van der Waals surface area contributed by atoms with Gasteiger partial charge in [0.15, 0.2) is 11.0 Å². The van der Waals surface area contributed by atoms with Gasteiger partial charge in [-0.1, -0.05) is 36.0 Å². The fourth-order valence-electron chi connectivity index (χ4n) is 3.58. The molecule has 1 aliphatic heterocycles. The molecule has 0 N–H and O–H groups in total. The van der Waals surface area contributed by atoms with Crippen LogP contribution in [0, 0.1) is 12.7 Å². The number of carbonyl (C=O) groups excluding carboxylic acids is 1. The normalized spacial score (nSPS) is 14.2. The maximum absolute atomic E-state index is 13.1. The van der Waals surface area contributed by atoms with Gasteiger partial charge in [-0.3, -0.25) is 4.79 Å². The van der Waals surface area contributed by atoms with Crippen molar-refractivity contribution in [3.63, 3.8) is 0 Å². The second kappa shape index (κ2) is 8.87. The van der Waals surface area contributed by atoms with E-state index in [1.807, 2.05) is 47.7 Å². The molecule has 1 fully saturated rings. The summed E-state index contributed by atoms with van der Waals surface area (Å²) in [6, 6.07) is 14.6. The zero-order chi connectivity index (χ0) is 21.1. The van der Waals surface area contributed by atoms with Gasteiger partial charge >= 0.3 is 0 Å². The van der Waals surface area contributed by atoms with Gasteiger partial charge in [0.25, 0.3) is 0 Å². The minimum Gasteiger partial charge on any atom is -0.368 e. The molecule has 1 aromatic heterocycles. The summed E-state index contributed by atoms with van der Waals surface area (Å²) in [5.41, 5.74) is 3.17. The van der Waals surface area contributed by atoms with Gasteiger partial charge in [0.1, 0.15) is 5.82 Å². The van der Waals surface area contributed by atoms with E-state index in [1.54, 1.807) is 12.1 Å². The van der Waals surface area contributed by atoms with Crippen molar-refractivity contribution in [1.29, 1.82) is 0 Å². The van der Waals surface area contributed by atoms with E-state index in [1.165, 1.54) is 23.9 Å². The summed E-state index contributed by atoms with van der Waals surface area (Å²) in [4.78, 5) is 16.7. The summed E-state index contributed by atoms with van der Waals surface area (Å²) in [5, 5.41) is 9.32. The van der Waals surface area contributed by atoms with E-state index in [4.69, 9.17) is 0 Å². The molecule has 0 saturated carbocycles. The number of anilines is 1. The number of amides is 1. The topological polar surface area (TPSA) is 54.3 Å². The van der Waals surface area contributed by atoms with Gasteiger partial charge in [-0.05, 0) is 36.8 Å². The first-order chi connectivity index (χ1) is 14.5. The molecule has 2 aromatic carbocycles. The van der Waals surface area contributed by atoms with Crippen molar-refractivity contribution in [2.75, 3.05) is 36.8 Å². The summed E-state index contributed by atoms with van der Waals surface area (Å²) in [5.74, 6) is 0.991. The standard InChI is InChI=1S/C22H24FN5OS/c1-16-5-3-4-6-19(16)21-24-25-22(26(21)2)30-15-20(29)28-13-11-27(12-14-28)18-9-7-17(23)8-10-18/h3-10H,11-15H2,1-2H3. The average molecular weight is 426 g/mol. The summed E-state index contributed by atoms with van der Waals surface area (Å²) in [6.07, 6.45) is 0. The van der Waals surface area contributed by atoms with Crippen molar-refractivity contribution < 1.29 is 9.18 Å². The first-order valence-electron chi connectivity index (χ1n) is 9.89. The van der Waals surface area contributed by atoms with Crippen LogP contribution in [-0.2, 0) is 11.8 Å². The van der Waals surface area contributed by atoms with E-state index >= 15 is 0 Å². The highest BCUT2D eigenvalue weighted by atomic mass is 32.2. The number of carbonyl (C=O) groups is 1. The highest BCUT2D eigenvalue weighted by Crippen LogP contribution is 2.25. The second-order valence-corrected chi connectivity index (χ2v) is 8.26. The number of aromatic nitrogens is 3. The third-order valence-electron chi connectivity index (χ3n) is 5.37. The van der Waals surface area contributed by atoms with Crippen LogP contribution < -0.4 is 4.90 Å². The number of rotatable bonds is 5. The lowest BCUT2D eigenvalue weighted by atomic mass is 10.1. The molecule has 0 unspecified atom stereocenters. The molecule has 1 saturated heterocycles. The zero-order valence-electron chi connectivity index (χ0n) is 17.1. The molecule has 6 nitrogen and oxygen atoms in total. The molecule has 156 valence electrons. The summed E-state index contributed by atoms with van der Waals surface area (Å²) in [7, 11) is 1.93. The molecule has 4 rings (SSSR count). The van der Waals surface area contributed by atoms with E-state index < -0.39 is 0 Å². The van der Waals surface area contributed by atoms with Crippen LogP contribution in [0.25, 0.3) is 11.4 Å². The fourth-order valence-corrected chi connectivity index (χ4v) is 4.40. The molecule has 0 bridgehead atoms. The smallest absolute Gasteiger partial charge is 0.233 e. The Morgan fingerprint density at radius 1 is 1.03 bits per heavy atom. The lowest BCUT2D eigenvalue weighted by Gasteiger charge is -2.36. The third kappa shape index (κ3) is 4.33. The third-order valence-corrected chi connectivity index (χ3v) is 6.37. The molecular weight excluding hydrogens is 401 g/mol. The number of aryl methyl sites for hydroxylation is 1. The molecule has 30 heavy (non-hydrogen) atoms. The predicted octanol–water partition coefficient (Wildman–Crippen LogP) is 3.37. The summed E-state index contributed by atoms with van der Waals surface area (Å²) >= 11 is 1.41. The van der Waals surface area contributed by atoms with E-state index in [0.717, 1.165) is 40.9 Å². The van der Waals surface area contributed by atoms with E-state index in [-0.39, 0.29) is 11.7 Å². The fraction of sp³-hybridized carbons (Fsp3) is 0.318. The Labute approximate surface area is 179 Å². The number of benzene rings is 2. The Morgan fingerprint density at radius 2 is 1.73 bits per heavy atom. The van der Waals surface area contributed by atoms with Gasteiger partial charge in [0.05, 0.1) is 5.75 Å². The number of nitrogens with zero attached hydrogens (tertiary/aromatic N) is 5. The molecule has 1 amide bonds. The van der Waals surface area contributed by atoms with Crippen molar-refractivity contribution in [3.05, 3.63) is 59.9 Å².